The average molecular weight is 323 g/mol. The van der Waals surface area contributed by atoms with Crippen LogP contribution in [0.25, 0.3) is 0 Å². The Morgan fingerprint density at radius 2 is 2.21 bits per heavy atom. The fourth-order valence-corrected chi connectivity index (χ4v) is 2.16. The molecule has 0 aliphatic heterocycles. The van der Waals surface area contributed by atoms with E-state index in [1.54, 1.807) is 19.2 Å². The number of nitrogens with zero attached hydrogens (tertiary/aromatic N) is 1. The molecule has 0 radical (unpaired) electrons. The normalized spacial score (nSPS) is 10.3. The third-order valence-corrected chi connectivity index (χ3v) is 3.52. The molecule has 1 aromatic carbocycles. The molecule has 0 spiro atoms. The van der Waals surface area contributed by atoms with Crippen LogP contribution in [-0.4, -0.2) is 17.6 Å². The van der Waals surface area contributed by atoms with Gasteiger partial charge in [0.2, 0.25) is 0 Å². The maximum absolute atomic E-state index is 12.2. The van der Waals surface area contributed by atoms with E-state index in [2.05, 4.69) is 21.2 Å². The quantitative estimate of drug-likeness (QED) is 0.935. The predicted octanol–water partition coefficient (Wildman–Crippen LogP) is 3.53. The maximum Gasteiger partial charge on any atom is 0.272 e. The molecular formula is C14H15BrN2O2. The number of hydrogen-bond acceptors (Lipinski definition) is 2. The number of hydrogen-bond donors (Lipinski definition) is 1. The Labute approximate surface area is 120 Å². The van der Waals surface area contributed by atoms with Crippen LogP contribution in [0.15, 0.2) is 41.0 Å². The lowest BCUT2D eigenvalue weighted by Crippen LogP contribution is -2.16. The van der Waals surface area contributed by atoms with Crippen LogP contribution in [0.5, 0.6) is 5.75 Å². The van der Waals surface area contributed by atoms with E-state index in [1.807, 2.05) is 35.9 Å². The van der Waals surface area contributed by atoms with E-state index in [0.717, 1.165) is 11.0 Å². The highest BCUT2D eigenvalue weighted by atomic mass is 79.9. The fourth-order valence-electron chi connectivity index (χ4n) is 1.81. The first-order chi connectivity index (χ1) is 9.15. The molecule has 100 valence electrons. The van der Waals surface area contributed by atoms with Gasteiger partial charge in [0.25, 0.3) is 5.91 Å². The van der Waals surface area contributed by atoms with Crippen LogP contribution in [0.1, 0.15) is 17.4 Å². The third-order valence-electron chi connectivity index (χ3n) is 2.82. The standard InChI is InChI=1S/C14H15BrN2O2/c1-3-17-8-4-5-13(17)14(18)16-12-9-10(19-2)6-7-11(12)15/h4-9H,3H2,1-2H3,(H,16,18). The molecule has 0 saturated heterocycles. The third kappa shape index (κ3) is 2.98. The van der Waals surface area contributed by atoms with Gasteiger partial charge >= 0.3 is 0 Å². The van der Waals surface area contributed by atoms with E-state index < -0.39 is 0 Å². The summed E-state index contributed by atoms with van der Waals surface area (Å²) in [4.78, 5) is 12.2. The van der Waals surface area contributed by atoms with Crippen LogP contribution < -0.4 is 10.1 Å². The number of carbonyl (C=O) groups is 1. The summed E-state index contributed by atoms with van der Waals surface area (Å²) < 4.78 is 7.86. The molecule has 5 heteroatoms. The number of aromatic nitrogens is 1. The Kier molecular flexibility index (Phi) is 4.27. The van der Waals surface area contributed by atoms with Crippen molar-refractivity contribution in [1.29, 1.82) is 0 Å². The molecule has 1 heterocycles. The number of ether oxygens (including phenoxy) is 1. The van der Waals surface area contributed by atoms with Crippen molar-refractivity contribution in [2.24, 2.45) is 0 Å². The number of rotatable bonds is 4. The predicted molar refractivity (Wildman–Crippen MR) is 78.8 cm³/mol. The highest BCUT2D eigenvalue weighted by Crippen LogP contribution is 2.27. The van der Waals surface area contributed by atoms with Crippen LogP contribution in [0.3, 0.4) is 0 Å². The highest BCUT2D eigenvalue weighted by molar-refractivity contribution is 9.10. The number of benzene rings is 1. The second kappa shape index (κ2) is 5.93. The van der Waals surface area contributed by atoms with Crippen LogP contribution >= 0.6 is 15.9 Å². The summed E-state index contributed by atoms with van der Waals surface area (Å²) in [5.41, 5.74) is 1.32. The van der Waals surface area contributed by atoms with Gasteiger partial charge in [-0.2, -0.15) is 0 Å². The number of halogens is 1. The lowest BCUT2D eigenvalue weighted by atomic mass is 10.3. The average Bonchev–Trinajstić information content (AvgIpc) is 2.89. The molecule has 0 atom stereocenters. The Balaban J connectivity index is 2.24. The zero-order chi connectivity index (χ0) is 13.8. The van der Waals surface area contributed by atoms with Crippen LogP contribution in [0.2, 0.25) is 0 Å². The van der Waals surface area contributed by atoms with Gasteiger partial charge in [-0.05, 0) is 47.1 Å². The highest BCUT2D eigenvalue weighted by Gasteiger charge is 2.12. The maximum atomic E-state index is 12.2. The molecule has 1 amide bonds. The van der Waals surface area contributed by atoms with Crippen molar-refractivity contribution >= 4 is 27.5 Å². The number of anilines is 1. The largest absolute Gasteiger partial charge is 0.497 e. The molecular weight excluding hydrogens is 308 g/mol. The van der Waals surface area contributed by atoms with Crippen LogP contribution in [0, 0.1) is 0 Å². The van der Waals surface area contributed by atoms with Crippen molar-refractivity contribution in [2.45, 2.75) is 13.5 Å². The number of methoxy groups -OCH3 is 1. The number of amides is 1. The molecule has 0 fully saturated rings. The minimum absolute atomic E-state index is 0.138. The summed E-state index contributed by atoms with van der Waals surface area (Å²) in [5, 5.41) is 2.88. The summed E-state index contributed by atoms with van der Waals surface area (Å²) in [6, 6.07) is 9.11. The molecule has 19 heavy (non-hydrogen) atoms. The first kappa shape index (κ1) is 13.7. The topological polar surface area (TPSA) is 43.3 Å². The molecule has 4 nitrogen and oxygen atoms in total. The minimum Gasteiger partial charge on any atom is -0.497 e. The van der Waals surface area contributed by atoms with Gasteiger partial charge in [-0.3, -0.25) is 4.79 Å². The molecule has 0 bridgehead atoms. The van der Waals surface area contributed by atoms with Gasteiger partial charge in [0.15, 0.2) is 0 Å². The zero-order valence-corrected chi connectivity index (χ0v) is 12.4. The van der Waals surface area contributed by atoms with Crippen molar-refractivity contribution < 1.29 is 9.53 Å². The summed E-state index contributed by atoms with van der Waals surface area (Å²) in [7, 11) is 1.59. The van der Waals surface area contributed by atoms with E-state index in [9.17, 15) is 4.79 Å². The van der Waals surface area contributed by atoms with E-state index >= 15 is 0 Å². The Bertz CT molecular complexity index is 593. The Morgan fingerprint density at radius 1 is 1.42 bits per heavy atom. The van der Waals surface area contributed by atoms with Gasteiger partial charge in [0.1, 0.15) is 11.4 Å². The van der Waals surface area contributed by atoms with Crippen LogP contribution in [0.4, 0.5) is 5.69 Å². The van der Waals surface area contributed by atoms with Gasteiger partial charge in [0.05, 0.1) is 12.8 Å². The van der Waals surface area contributed by atoms with E-state index in [4.69, 9.17) is 4.74 Å². The molecule has 0 saturated carbocycles. The van der Waals surface area contributed by atoms with E-state index in [0.29, 0.717) is 17.1 Å². The van der Waals surface area contributed by atoms with Crippen LogP contribution in [-0.2, 0) is 6.54 Å². The summed E-state index contributed by atoms with van der Waals surface area (Å²) in [6.45, 7) is 2.76. The molecule has 2 aromatic rings. The van der Waals surface area contributed by atoms with Crippen molar-refractivity contribution in [3.63, 3.8) is 0 Å². The van der Waals surface area contributed by atoms with Gasteiger partial charge in [-0.25, -0.2) is 0 Å². The van der Waals surface area contributed by atoms with Gasteiger partial charge in [-0.1, -0.05) is 0 Å². The Morgan fingerprint density at radius 3 is 2.89 bits per heavy atom. The number of aryl methyl sites for hydroxylation is 1. The molecule has 0 aliphatic carbocycles. The SMILES string of the molecule is CCn1cccc1C(=O)Nc1cc(OC)ccc1Br. The smallest absolute Gasteiger partial charge is 0.272 e. The zero-order valence-electron chi connectivity index (χ0n) is 10.8. The second-order valence-corrected chi connectivity index (χ2v) is 4.83. The molecule has 0 aliphatic rings. The number of nitrogens with one attached hydrogen (secondary N) is 1. The van der Waals surface area contributed by atoms with Crippen molar-refractivity contribution in [1.82, 2.24) is 4.57 Å². The second-order valence-electron chi connectivity index (χ2n) is 3.98. The molecule has 0 unspecified atom stereocenters. The fraction of sp³-hybridized carbons (Fsp3) is 0.214. The minimum atomic E-state index is -0.138. The van der Waals surface area contributed by atoms with E-state index in [1.165, 1.54) is 0 Å². The van der Waals surface area contributed by atoms with E-state index in [-0.39, 0.29) is 5.91 Å². The summed E-state index contributed by atoms with van der Waals surface area (Å²) in [6.07, 6.45) is 1.88. The van der Waals surface area contributed by atoms with Gasteiger partial charge < -0.3 is 14.6 Å². The molecule has 2 rings (SSSR count). The lowest BCUT2D eigenvalue weighted by molar-refractivity contribution is 0.101. The van der Waals surface area contributed by atoms with Crippen molar-refractivity contribution in [2.75, 3.05) is 12.4 Å². The number of carbonyl (C=O) groups excluding carboxylic acids is 1. The lowest BCUT2D eigenvalue weighted by Gasteiger charge is -2.10. The monoisotopic (exact) mass is 322 g/mol. The van der Waals surface area contributed by atoms with Crippen molar-refractivity contribution in [3.8, 4) is 5.75 Å². The first-order valence-corrected chi connectivity index (χ1v) is 6.75. The molecule has 1 N–H and O–H groups in total. The summed E-state index contributed by atoms with van der Waals surface area (Å²) in [5.74, 6) is 0.560. The Hall–Kier alpha value is -1.75. The van der Waals surface area contributed by atoms with Crippen molar-refractivity contribution in [3.05, 3.63) is 46.7 Å². The first-order valence-electron chi connectivity index (χ1n) is 5.95. The van der Waals surface area contributed by atoms with Gasteiger partial charge in [-0.15, -0.1) is 0 Å². The summed E-state index contributed by atoms with van der Waals surface area (Å²) >= 11 is 3.41. The van der Waals surface area contributed by atoms with Gasteiger partial charge in [0, 0.05) is 23.3 Å². The molecule has 1 aromatic heterocycles.